The van der Waals surface area contributed by atoms with Gasteiger partial charge in [-0.3, -0.25) is 27.6 Å². The van der Waals surface area contributed by atoms with Gasteiger partial charge in [-0.15, -0.1) is 11.8 Å². The lowest BCUT2D eigenvalue weighted by atomic mass is 10.6. The number of carbonyl (C=O) groups is 5. The molecule has 0 heterocycles. The van der Waals surface area contributed by atoms with Crippen molar-refractivity contribution in [1.82, 2.24) is 5.32 Å². The number of primary amides is 1. The third-order valence-corrected chi connectivity index (χ3v) is 3.77. The molecule has 0 unspecified atom stereocenters. The number of Topliss-reactive ketones (excluding diaryl/α,β-unsaturated/α-hetero) is 1. The molecule has 0 radical (unpaired) electrons. The van der Waals surface area contributed by atoms with E-state index in [1.54, 1.807) is 64.5 Å². The lowest BCUT2D eigenvalue weighted by molar-refractivity contribution is -0.138. The summed E-state index contributed by atoms with van der Waals surface area (Å²) >= 11 is 17.0. The number of nitrogens with two attached hydrogens (primary N) is 1. The van der Waals surface area contributed by atoms with Gasteiger partial charge in [0.1, 0.15) is 15.6 Å². The minimum atomic E-state index is -3.16. The van der Waals surface area contributed by atoms with Crippen molar-refractivity contribution in [3.8, 4) is 0 Å². The van der Waals surface area contributed by atoms with Gasteiger partial charge in [0.05, 0.1) is 27.6 Å². The Labute approximate surface area is 470 Å². The highest BCUT2D eigenvalue weighted by Gasteiger charge is 1.90. The predicted molar refractivity (Wildman–Crippen MR) is 354 cm³/mol. The maximum Gasteiger partial charge on any atom is 0.302 e. The van der Waals surface area contributed by atoms with Gasteiger partial charge in [-0.25, -0.2) is 8.42 Å². The van der Waals surface area contributed by atoms with Crippen LogP contribution in [0.3, 0.4) is 0 Å². The van der Waals surface area contributed by atoms with E-state index in [1.165, 1.54) is 53.5 Å². The zero-order chi connectivity index (χ0) is 52.2. The number of carbonyl (C=O) groups excluding carboxylic acids is 5. The van der Waals surface area contributed by atoms with Gasteiger partial charge < -0.3 is 25.1 Å². The summed E-state index contributed by atoms with van der Waals surface area (Å²) in [5.41, 5.74) is 4.47. The molecule has 0 atom stereocenters. The molecule has 0 aromatic rings. The van der Waals surface area contributed by atoms with Gasteiger partial charge in [0.2, 0.25) is 11.8 Å². The third kappa shape index (κ3) is 2700. The molecule has 2 amide bonds. The van der Waals surface area contributed by atoms with Crippen LogP contribution < -0.4 is 11.1 Å². The number of amides is 2. The van der Waals surface area contributed by atoms with Crippen LogP contribution >= 0.6 is 61.1 Å². The van der Waals surface area contributed by atoms with Crippen LogP contribution in [-0.2, 0) is 80.0 Å². The van der Waals surface area contributed by atoms with E-state index in [2.05, 4.69) is 64.4 Å². The molecule has 70 heavy (non-hydrogen) atoms. The first-order valence-electron chi connectivity index (χ1n) is 16.3. The minimum absolute atomic E-state index is 0. The van der Waals surface area contributed by atoms with E-state index in [0.717, 1.165) is 34.9 Å². The lowest BCUT2D eigenvalue weighted by Gasteiger charge is -1.92. The second-order valence-electron chi connectivity index (χ2n) is 11.9. The van der Waals surface area contributed by atoms with E-state index >= 15 is 0 Å². The first-order chi connectivity index (χ1) is 25.6. The van der Waals surface area contributed by atoms with Crippen molar-refractivity contribution in [3.63, 3.8) is 0 Å². The van der Waals surface area contributed by atoms with Gasteiger partial charge in [0, 0.05) is 74.8 Å². The number of thiocarbonyl (C=S) groups is 2. The fourth-order valence-corrected chi connectivity index (χ4v) is 0. The summed E-state index contributed by atoms with van der Waals surface area (Å²) < 4.78 is 67.6. The Bertz CT molecular complexity index is 1210. The molecule has 0 aromatic carbocycles. The summed E-state index contributed by atoms with van der Waals surface area (Å²) in [6, 6.07) is -0.806. The molecule has 3 N–H and O–H groups in total. The molecule has 25 heteroatoms. The Morgan fingerprint density at radius 1 is 0.614 bits per heavy atom. The fraction of sp³-hybridized carbons (Fsp3) is 0.844. The minimum Gasteiger partial charge on any atom is -0.469 e. The molecular weight excluding hydrogens is 1090 g/mol. The summed E-state index contributed by atoms with van der Waals surface area (Å²) in [5.74, 6) is -0.407. The monoisotopic (exact) mass is 1220 g/mol. The van der Waals surface area contributed by atoms with E-state index in [4.69, 9.17) is 11.8 Å². The Hall–Kier alpha value is -0.480. The van der Waals surface area contributed by atoms with Gasteiger partial charge >= 0.3 is 5.97 Å². The Morgan fingerprint density at radius 2 is 0.686 bits per heavy atom. The highest BCUT2D eigenvalue weighted by atomic mass is 32.4. The number of rotatable bonds is 1. The van der Waals surface area contributed by atoms with Crippen molar-refractivity contribution < 1.29 is 58.5 Å². The average molecular weight is 1220 g/mol. The SMILES string of the molecule is C.C.C.C.C.C.C.C.C.C.C.CC.CC(C)=O.CC(C)=S.CC(N)=O.CNC(C)=O.COC(C)=O.COS(C)(=O)=O.CP(C)(C)=O.CP(C)(C)=S.CS(C)(=O)=O.CS(C)=O.CSC(C)=O.CSC(C)=S. The van der Waals surface area contributed by atoms with Crippen LogP contribution in [0.25, 0.3) is 0 Å². The highest BCUT2D eigenvalue weighted by molar-refractivity contribution is 8.22. The van der Waals surface area contributed by atoms with Crippen LogP contribution in [0.15, 0.2) is 0 Å². The first kappa shape index (κ1) is 158. The summed E-state index contributed by atoms with van der Waals surface area (Å²) in [7, 11) is -4.01. The summed E-state index contributed by atoms with van der Waals surface area (Å²) in [4.78, 5) is 48.7. The summed E-state index contributed by atoms with van der Waals surface area (Å²) in [6.07, 6.45) is 10.3. The van der Waals surface area contributed by atoms with Crippen molar-refractivity contribution in [2.75, 3.05) is 105 Å². The second kappa shape index (κ2) is 113. The number of ketones is 1. The second-order valence-corrected chi connectivity index (χ2v) is 31.9. The largest absolute Gasteiger partial charge is 0.469 e. The van der Waals surface area contributed by atoms with Gasteiger partial charge in [-0.2, -0.15) is 8.42 Å². The molecule has 0 aliphatic heterocycles. The maximum atomic E-state index is 10.2. The molecule has 0 aliphatic carbocycles. The molecule has 0 saturated heterocycles. The standard InChI is InChI=1S/C3H7NO.C3H6O2.C3H9OP.C3H6OS.C3H6O.C3H9PS.C3H6S2.C3H6S.C2H5NO.C2H6O3S.C2H6O2S.C2H6OS.C2H6.11CH4/c1-3(5)4-2;1-3(4)5-2;1-5(2,3)4;1-3(4)5-2;1-3(2)4;1-4(2,3)5;1-3(4)5-2;1-3(2)4;1-2(3)4;1-5-6(2,3)4;1-5(2,3)4;1-4(2)3;1-2;;;;;;;;;;;/h1-2H3,(H,4,5);1-2H3;1-3H3;1-2H3;1-2H3;1-3H3;1-2H3;1-2H3;1H3,(H2,3,4);1-2H3;1-2H3;1-2H3;1-2H3;11*1H4. The molecule has 0 rings (SSSR count). The maximum absolute atomic E-state index is 10.2. The number of nitrogens with one attached hydrogen (secondary N) is 1. The van der Waals surface area contributed by atoms with Crippen LogP contribution in [0, 0.1) is 0 Å². The van der Waals surface area contributed by atoms with E-state index in [-0.39, 0.29) is 110 Å². The lowest BCUT2D eigenvalue weighted by Crippen LogP contribution is -2.11. The predicted octanol–water partition coefficient (Wildman–Crippen LogP) is 13.9. The Balaban J connectivity index is -0.0000000147. The Kier molecular flexibility index (Phi) is 255. The zero-order valence-electron chi connectivity index (χ0n) is 41.0. The van der Waals surface area contributed by atoms with Crippen molar-refractivity contribution in [2.24, 2.45) is 5.73 Å². The van der Waals surface area contributed by atoms with E-state index in [9.17, 15) is 49.6 Å². The van der Waals surface area contributed by atoms with E-state index < -0.39 is 43.9 Å². The van der Waals surface area contributed by atoms with Crippen LogP contribution in [0.4, 0.5) is 0 Å². The number of hydrogen-bond donors (Lipinski definition) is 2. The number of hydrogen-bond acceptors (Lipinski definition) is 18. The van der Waals surface area contributed by atoms with Crippen molar-refractivity contribution in [1.29, 1.82) is 0 Å². The summed E-state index contributed by atoms with van der Waals surface area (Å²) in [6.45, 7) is 30.0. The number of esters is 1. The average Bonchev–Trinajstić information content (AvgIpc) is 2.95. The van der Waals surface area contributed by atoms with Crippen LogP contribution in [-0.4, -0.2) is 164 Å². The van der Waals surface area contributed by atoms with Crippen LogP contribution in [0.1, 0.15) is 158 Å². The number of thioether (sulfide) groups is 2. The number of ether oxygens (including phenoxy) is 1. The van der Waals surface area contributed by atoms with Gasteiger partial charge in [0.15, 0.2) is 5.12 Å². The summed E-state index contributed by atoms with van der Waals surface area (Å²) in [5, 5.41) is 2.56. The molecular formula is C45H128N2O13P2S8. The zero-order valence-corrected chi connectivity index (χ0v) is 49.4. The van der Waals surface area contributed by atoms with Crippen molar-refractivity contribution in [3.05, 3.63) is 0 Å². The fourth-order valence-electron chi connectivity index (χ4n) is 0. The molecule has 15 nitrogen and oxygen atoms in total. The van der Waals surface area contributed by atoms with Gasteiger partial charge in [-0.1, -0.05) is 150 Å². The van der Waals surface area contributed by atoms with Gasteiger partial charge in [-0.05, 0) is 92.0 Å². The number of sulfone groups is 1. The third-order valence-electron chi connectivity index (χ3n) is 1.52. The Morgan fingerprint density at radius 3 is 0.686 bits per heavy atom. The molecule has 0 spiro atoms. The molecule has 0 aliphatic rings. The van der Waals surface area contributed by atoms with Gasteiger partial charge in [0.25, 0.3) is 10.1 Å². The van der Waals surface area contributed by atoms with Crippen molar-refractivity contribution >= 4 is 141 Å². The quantitative estimate of drug-likeness (QED) is 0.107. The molecule has 0 aromatic heterocycles. The number of methoxy groups -OCH3 is 1. The topological polar surface area (TPSA) is 244 Å². The normalized spacial score (nSPS) is 7.26. The smallest absolute Gasteiger partial charge is 0.302 e. The molecule has 0 fully saturated rings. The molecule has 454 valence electrons. The molecule has 0 bridgehead atoms. The van der Waals surface area contributed by atoms with Crippen LogP contribution in [0.2, 0.25) is 0 Å². The van der Waals surface area contributed by atoms with Crippen LogP contribution in [0.5, 0.6) is 0 Å². The first-order valence-corrected chi connectivity index (χ1v) is 32.8. The van der Waals surface area contributed by atoms with Crippen molar-refractivity contribution in [2.45, 2.75) is 158 Å². The van der Waals surface area contributed by atoms with E-state index in [1.807, 2.05) is 40.9 Å². The highest BCUT2D eigenvalue weighted by Crippen LogP contribution is 2.29. The van der Waals surface area contributed by atoms with E-state index in [0.29, 0.717) is 0 Å². The molecule has 0 saturated carbocycles.